The number of carbonyl (C=O) groups is 1. The zero-order valence-corrected chi connectivity index (χ0v) is 13.3. The summed E-state index contributed by atoms with van der Waals surface area (Å²) in [7, 11) is 7.70. The first-order valence-electron chi connectivity index (χ1n) is 5.77. The van der Waals surface area contributed by atoms with E-state index in [9.17, 15) is 4.79 Å². The first kappa shape index (κ1) is 18.2. The number of hydrogen-bond acceptors (Lipinski definition) is 3. The summed E-state index contributed by atoms with van der Waals surface area (Å²) in [6, 6.07) is 6.92. The fourth-order valence-corrected chi connectivity index (χ4v) is 1.71. The van der Waals surface area contributed by atoms with E-state index in [0.29, 0.717) is 11.6 Å². The van der Waals surface area contributed by atoms with E-state index in [-0.39, 0.29) is 24.4 Å². The molecular formula is C13H21Cl2N3O. The first-order valence-corrected chi connectivity index (χ1v) is 6.15. The minimum absolute atomic E-state index is 0. The molecule has 19 heavy (non-hydrogen) atoms. The second kappa shape index (κ2) is 8.38. The minimum atomic E-state index is -0.185. The van der Waals surface area contributed by atoms with Crippen molar-refractivity contribution in [2.75, 3.05) is 40.1 Å². The van der Waals surface area contributed by atoms with Gasteiger partial charge in [-0.2, -0.15) is 0 Å². The number of halogens is 2. The van der Waals surface area contributed by atoms with E-state index in [4.69, 9.17) is 11.6 Å². The Morgan fingerprint density at radius 1 is 1.21 bits per heavy atom. The highest BCUT2D eigenvalue weighted by atomic mass is 35.5. The van der Waals surface area contributed by atoms with Gasteiger partial charge in [-0.25, -0.2) is 0 Å². The highest BCUT2D eigenvalue weighted by Gasteiger charge is 2.21. The van der Waals surface area contributed by atoms with Crippen molar-refractivity contribution in [2.24, 2.45) is 0 Å². The van der Waals surface area contributed by atoms with Gasteiger partial charge in [0.1, 0.15) is 6.04 Å². The van der Waals surface area contributed by atoms with Crippen LogP contribution in [0, 0.1) is 0 Å². The second-order valence-electron chi connectivity index (χ2n) is 4.74. The van der Waals surface area contributed by atoms with Gasteiger partial charge < -0.3 is 10.2 Å². The summed E-state index contributed by atoms with van der Waals surface area (Å²) in [4.78, 5) is 16.1. The Morgan fingerprint density at radius 3 is 2.16 bits per heavy atom. The maximum absolute atomic E-state index is 12.2. The van der Waals surface area contributed by atoms with Crippen LogP contribution in [0.2, 0.25) is 5.02 Å². The molecule has 1 atom stereocenters. The van der Waals surface area contributed by atoms with Gasteiger partial charge in [0.25, 0.3) is 0 Å². The number of benzene rings is 1. The topological polar surface area (TPSA) is 35.6 Å². The molecule has 1 rings (SSSR count). The number of hydrogen-bond donors (Lipinski definition) is 1. The largest absolute Gasteiger partial charge is 0.325 e. The summed E-state index contributed by atoms with van der Waals surface area (Å²) in [5.41, 5.74) is 0.759. The van der Waals surface area contributed by atoms with Crippen molar-refractivity contribution in [3.63, 3.8) is 0 Å². The lowest BCUT2D eigenvalue weighted by Crippen LogP contribution is -2.46. The third-order valence-electron chi connectivity index (χ3n) is 2.58. The molecule has 0 fully saturated rings. The summed E-state index contributed by atoms with van der Waals surface area (Å²) in [6.45, 7) is 0.673. The molecule has 6 heteroatoms. The molecule has 0 saturated heterocycles. The molecule has 1 N–H and O–H groups in total. The van der Waals surface area contributed by atoms with Crippen LogP contribution in [-0.2, 0) is 4.79 Å². The Labute approximate surface area is 126 Å². The average Bonchev–Trinajstić information content (AvgIpc) is 2.28. The van der Waals surface area contributed by atoms with Gasteiger partial charge in [-0.05, 0) is 52.5 Å². The van der Waals surface area contributed by atoms with Gasteiger partial charge in [-0.15, -0.1) is 12.4 Å². The summed E-state index contributed by atoms with van der Waals surface area (Å²) < 4.78 is 0. The Kier molecular flexibility index (Phi) is 8.02. The van der Waals surface area contributed by atoms with E-state index >= 15 is 0 Å². The normalized spacial score (nSPS) is 12.2. The molecule has 4 nitrogen and oxygen atoms in total. The molecule has 1 aromatic carbocycles. The molecular weight excluding hydrogens is 285 g/mol. The fourth-order valence-electron chi connectivity index (χ4n) is 1.59. The number of amides is 1. The Bertz CT molecular complexity index is 393. The van der Waals surface area contributed by atoms with Gasteiger partial charge in [0.15, 0.2) is 0 Å². The molecule has 0 heterocycles. The molecule has 0 spiro atoms. The molecule has 0 bridgehead atoms. The molecule has 0 aliphatic carbocycles. The van der Waals surface area contributed by atoms with E-state index in [1.807, 2.05) is 38.0 Å². The maximum atomic E-state index is 12.2. The van der Waals surface area contributed by atoms with Crippen LogP contribution in [0.15, 0.2) is 24.3 Å². The molecule has 1 aromatic rings. The number of nitrogens with zero attached hydrogens (tertiary/aromatic N) is 2. The minimum Gasteiger partial charge on any atom is -0.325 e. The standard InChI is InChI=1S/C13H20ClN3O.ClH/c1-16(2)9-12(17(3)4)13(18)15-11-7-5-10(14)6-8-11;/h5-8,12H,9H2,1-4H3,(H,15,18);1H. The first-order chi connectivity index (χ1) is 8.40. The van der Waals surface area contributed by atoms with E-state index in [0.717, 1.165) is 5.69 Å². The van der Waals surface area contributed by atoms with Crippen LogP contribution in [0.4, 0.5) is 5.69 Å². The maximum Gasteiger partial charge on any atom is 0.243 e. The summed E-state index contributed by atoms with van der Waals surface area (Å²) in [5.74, 6) is -0.0176. The smallest absolute Gasteiger partial charge is 0.243 e. The fraction of sp³-hybridized carbons (Fsp3) is 0.462. The zero-order chi connectivity index (χ0) is 13.7. The van der Waals surface area contributed by atoms with Crippen molar-refractivity contribution in [1.82, 2.24) is 9.80 Å². The third kappa shape index (κ3) is 6.25. The number of carbonyl (C=O) groups excluding carboxylic acids is 1. The van der Waals surface area contributed by atoms with E-state index in [2.05, 4.69) is 5.32 Å². The van der Waals surface area contributed by atoms with Crippen LogP contribution in [0.25, 0.3) is 0 Å². The van der Waals surface area contributed by atoms with Crippen LogP contribution in [0.3, 0.4) is 0 Å². The van der Waals surface area contributed by atoms with Crippen molar-refractivity contribution in [1.29, 1.82) is 0 Å². The van der Waals surface area contributed by atoms with Crippen LogP contribution in [0.1, 0.15) is 0 Å². The lowest BCUT2D eigenvalue weighted by Gasteiger charge is -2.26. The second-order valence-corrected chi connectivity index (χ2v) is 5.17. The van der Waals surface area contributed by atoms with Crippen LogP contribution in [0.5, 0.6) is 0 Å². The highest BCUT2D eigenvalue weighted by molar-refractivity contribution is 6.30. The van der Waals surface area contributed by atoms with E-state index in [1.165, 1.54) is 0 Å². The van der Waals surface area contributed by atoms with Gasteiger partial charge in [-0.3, -0.25) is 9.69 Å². The predicted molar refractivity (Wildman–Crippen MR) is 83.4 cm³/mol. The summed E-state index contributed by atoms with van der Waals surface area (Å²) in [5, 5.41) is 3.55. The van der Waals surface area contributed by atoms with Crippen molar-refractivity contribution in [3.8, 4) is 0 Å². The molecule has 108 valence electrons. The van der Waals surface area contributed by atoms with Crippen LogP contribution < -0.4 is 5.32 Å². The van der Waals surface area contributed by atoms with Gasteiger partial charge in [-0.1, -0.05) is 11.6 Å². The van der Waals surface area contributed by atoms with Crippen LogP contribution >= 0.6 is 24.0 Å². The molecule has 0 radical (unpaired) electrons. The molecule has 0 aliphatic heterocycles. The zero-order valence-electron chi connectivity index (χ0n) is 11.7. The molecule has 1 unspecified atom stereocenters. The molecule has 0 aliphatic rings. The monoisotopic (exact) mass is 305 g/mol. The Morgan fingerprint density at radius 2 is 1.74 bits per heavy atom. The number of rotatable bonds is 5. The van der Waals surface area contributed by atoms with Gasteiger partial charge in [0.2, 0.25) is 5.91 Å². The number of anilines is 1. The Hall–Kier alpha value is -0.810. The van der Waals surface area contributed by atoms with Crippen molar-refractivity contribution in [2.45, 2.75) is 6.04 Å². The molecule has 0 saturated carbocycles. The molecule has 0 aromatic heterocycles. The summed E-state index contributed by atoms with van der Waals surface area (Å²) >= 11 is 5.80. The lowest BCUT2D eigenvalue weighted by atomic mass is 10.2. The summed E-state index contributed by atoms with van der Waals surface area (Å²) in [6.07, 6.45) is 0. The quantitative estimate of drug-likeness (QED) is 0.906. The van der Waals surface area contributed by atoms with Crippen molar-refractivity contribution >= 4 is 35.6 Å². The molecule has 1 amide bonds. The number of likely N-dealkylation sites (N-methyl/N-ethyl adjacent to an activating group) is 2. The van der Waals surface area contributed by atoms with Gasteiger partial charge in [0.05, 0.1) is 0 Å². The van der Waals surface area contributed by atoms with E-state index in [1.54, 1.807) is 24.3 Å². The van der Waals surface area contributed by atoms with Gasteiger partial charge >= 0.3 is 0 Å². The van der Waals surface area contributed by atoms with E-state index < -0.39 is 0 Å². The van der Waals surface area contributed by atoms with Crippen molar-refractivity contribution in [3.05, 3.63) is 29.3 Å². The Balaban J connectivity index is 0.00000324. The average molecular weight is 306 g/mol. The third-order valence-corrected chi connectivity index (χ3v) is 2.83. The van der Waals surface area contributed by atoms with Crippen LogP contribution in [-0.4, -0.2) is 56.5 Å². The SMILES string of the molecule is CN(C)CC(C(=O)Nc1ccc(Cl)cc1)N(C)C.Cl. The van der Waals surface area contributed by atoms with Gasteiger partial charge in [0, 0.05) is 17.3 Å². The predicted octanol–water partition coefficient (Wildman–Crippen LogP) is 2.19. The van der Waals surface area contributed by atoms with Crippen molar-refractivity contribution < 1.29 is 4.79 Å². The highest BCUT2D eigenvalue weighted by Crippen LogP contribution is 2.14. The lowest BCUT2D eigenvalue weighted by molar-refractivity contribution is -0.120. The number of nitrogens with one attached hydrogen (secondary N) is 1.